The first kappa shape index (κ1) is 16.6. The predicted molar refractivity (Wildman–Crippen MR) is 86.4 cm³/mol. The summed E-state index contributed by atoms with van der Waals surface area (Å²) in [5, 5.41) is 4.18. The maximum atomic E-state index is 11.8. The molecular formula is C14H23N5O2Si. The largest absolute Gasteiger partial charge is 0.412 e. The van der Waals surface area contributed by atoms with Crippen LogP contribution in [0.5, 0.6) is 0 Å². The molecule has 8 heteroatoms. The Morgan fingerprint density at radius 1 is 1.32 bits per heavy atom. The van der Waals surface area contributed by atoms with E-state index in [0.717, 1.165) is 5.56 Å². The number of aromatic nitrogens is 5. The fourth-order valence-electron chi connectivity index (χ4n) is 1.68. The van der Waals surface area contributed by atoms with Gasteiger partial charge >= 0.3 is 5.69 Å². The number of hydrogen-bond donors (Lipinski definition) is 0. The first-order chi connectivity index (χ1) is 10.1. The van der Waals surface area contributed by atoms with Gasteiger partial charge in [-0.3, -0.25) is 0 Å². The van der Waals surface area contributed by atoms with Crippen molar-refractivity contribution in [2.24, 2.45) is 7.05 Å². The standard InChI is InChI=1S/C14H23N5O2Si/c1-14(2,3)22(5,6)21-8-11-7-18(4)13(20)17-12(11)19-10-15-9-16-19/h7,9-10H,8H2,1-6H3. The zero-order chi connectivity index (χ0) is 16.5. The van der Waals surface area contributed by atoms with E-state index in [1.165, 1.54) is 21.9 Å². The zero-order valence-electron chi connectivity index (χ0n) is 14.0. The summed E-state index contributed by atoms with van der Waals surface area (Å²) in [7, 11) is -0.210. The van der Waals surface area contributed by atoms with Gasteiger partial charge in [-0.25, -0.2) is 14.5 Å². The highest BCUT2D eigenvalue weighted by Gasteiger charge is 2.37. The average molecular weight is 321 g/mol. The fraction of sp³-hybridized carbons (Fsp3) is 0.571. The Hall–Kier alpha value is -1.80. The molecule has 0 saturated carbocycles. The van der Waals surface area contributed by atoms with Gasteiger partial charge in [0, 0.05) is 18.8 Å². The zero-order valence-corrected chi connectivity index (χ0v) is 15.0. The van der Waals surface area contributed by atoms with Crippen LogP contribution in [-0.4, -0.2) is 32.6 Å². The van der Waals surface area contributed by atoms with Gasteiger partial charge in [0.1, 0.15) is 12.7 Å². The third kappa shape index (κ3) is 3.33. The molecule has 2 rings (SSSR count). The van der Waals surface area contributed by atoms with Crippen molar-refractivity contribution in [3.63, 3.8) is 0 Å². The molecule has 0 radical (unpaired) electrons. The van der Waals surface area contributed by atoms with Gasteiger partial charge < -0.3 is 8.99 Å². The van der Waals surface area contributed by atoms with E-state index in [1.807, 2.05) is 0 Å². The molecule has 7 nitrogen and oxygen atoms in total. The molecule has 0 amide bonds. The first-order valence-electron chi connectivity index (χ1n) is 7.17. The van der Waals surface area contributed by atoms with Crippen molar-refractivity contribution in [1.82, 2.24) is 24.3 Å². The molecule has 22 heavy (non-hydrogen) atoms. The third-order valence-corrected chi connectivity index (χ3v) is 8.65. The van der Waals surface area contributed by atoms with Crippen molar-refractivity contribution in [2.45, 2.75) is 45.5 Å². The van der Waals surface area contributed by atoms with Gasteiger partial charge in [-0.2, -0.15) is 10.1 Å². The van der Waals surface area contributed by atoms with Gasteiger partial charge in [0.2, 0.25) is 0 Å². The van der Waals surface area contributed by atoms with E-state index >= 15 is 0 Å². The van der Waals surface area contributed by atoms with Crippen molar-refractivity contribution in [1.29, 1.82) is 0 Å². The quantitative estimate of drug-likeness (QED) is 0.804. The van der Waals surface area contributed by atoms with Crippen molar-refractivity contribution >= 4 is 8.32 Å². The number of hydrogen-bond acceptors (Lipinski definition) is 5. The maximum Gasteiger partial charge on any atom is 0.349 e. The molecule has 120 valence electrons. The molecule has 0 aliphatic carbocycles. The van der Waals surface area contributed by atoms with Crippen LogP contribution >= 0.6 is 0 Å². The third-order valence-electron chi connectivity index (χ3n) is 4.17. The molecule has 0 aliphatic rings. The molecule has 0 aromatic carbocycles. The lowest BCUT2D eigenvalue weighted by Crippen LogP contribution is -2.40. The summed E-state index contributed by atoms with van der Waals surface area (Å²) < 4.78 is 9.18. The second-order valence-corrected chi connectivity index (χ2v) is 11.7. The van der Waals surface area contributed by atoms with Crippen LogP contribution in [0, 0.1) is 0 Å². The van der Waals surface area contributed by atoms with Crippen LogP contribution in [0.4, 0.5) is 0 Å². The van der Waals surface area contributed by atoms with Crippen molar-refractivity contribution in [3.05, 3.63) is 34.9 Å². The SMILES string of the molecule is Cn1cc(CO[Si](C)(C)C(C)(C)C)c(-n2cncn2)nc1=O. The number of aryl methyl sites for hydroxylation is 1. The van der Waals surface area contributed by atoms with Gasteiger partial charge in [0.15, 0.2) is 14.1 Å². The van der Waals surface area contributed by atoms with E-state index in [2.05, 4.69) is 48.9 Å². The van der Waals surface area contributed by atoms with Gasteiger partial charge in [0.05, 0.1) is 6.61 Å². The van der Waals surface area contributed by atoms with E-state index in [4.69, 9.17) is 4.43 Å². The Morgan fingerprint density at radius 2 is 2.00 bits per heavy atom. The molecular weight excluding hydrogens is 298 g/mol. The molecule has 0 saturated heterocycles. The van der Waals surface area contributed by atoms with Gasteiger partial charge in [-0.15, -0.1) is 0 Å². The van der Waals surface area contributed by atoms with Crippen molar-refractivity contribution < 1.29 is 4.43 Å². The molecule has 2 aromatic rings. The van der Waals surface area contributed by atoms with Gasteiger partial charge in [0.25, 0.3) is 0 Å². The maximum absolute atomic E-state index is 11.8. The van der Waals surface area contributed by atoms with Crippen LogP contribution in [0.3, 0.4) is 0 Å². The highest BCUT2D eigenvalue weighted by Crippen LogP contribution is 2.37. The molecule has 0 N–H and O–H groups in total. The lowest BCUT2D eigenvalue weighted by atomic mass is 10.2. The summed E-state index contributed by atoms with van der Waals surface area (Å²) in [4.78, 5) is 19.8. The van der Waals surface area contributed by atoms with E-state index < -0.39 is 8.32 Å². The highest BCUT2D eigenvalue weighted by molar-refractivity contribution is 6.74. The van der Waals surface area contributed by atoms with Crippen LogP contribution < -0.4 is 5.69 Å². The Morgan fingerprint density at radius 3 is 2.55 bits per heavy atom. The van der Waals surface area contributed by atoms with E-state index in [1.54, 1.807) is 13.2 Å². The van der Waals surface area contributed by atoms with Gasteiger partial charge in [-0.05, 0) is 18.1 Å². The Bertz CT molecular complexity index is 701. The molecule has 0 spiro atoms. The average Bonchev–Trinajstić information content (AvgIpc) is 2.92. The molecule has 0 unspecified atom stereocenters. The molecule has 0 bridgehead atoms. The molecule has 0 atom stereocenters. The molecule has 0 fully saturated rings. The lowest BCUT2D eigenvalue weighted by Gasteiger charge is -2.36. The van der Waals surface area contributed by atoms with Crippen molar-refractivity contribution in [3.8, 4) is 5.82 Å². The summed E-state index contributed by atoms with van der Waals surface area (Å²) in [5.41, 5.74) is 0.485. The van der Waals surface area contributed by atoms with Crippen LogP contribution in [-0.2, 0) is 18.1 Å². The normalized spacial score (nSPS) is 12.6. The second-order valence-electron chi connectivity index (χ2n) is 6.87. The minimum atomic E-state index is -1.89. The molecule has 0 aliphatic heterocycles. The van der Waals surface area contributed by atoms with Crippen LogP contribution in [0.25, 0.3) is 5.82 Å². The highest BCUT2D eigenvalue weighted by atomic mass is 28.4. The lowest BCUT2D eigenvalue weighted by molar-refractivity contribution is 0.274. The van der Waals surface area contributed by atoms with Crippen LogP contribution in [0.1, 0.15) is 26.3 Å². The fourth-order valence-corrected chi connectivity index (χ4v) is 2.63. The summed E-state index contributed by atoms with van der Waals surface area (Å²) in [6.45, 7) is 11.4. The Kier molecular flexibility index (Phi) is 4.34. The Labute approximate surface area is 131 Å². The minimum Gasteiger partial charge on any atom is -0.412 e. The molecule has 2 heterocycles. The number of nitrogens with zero attached hydrogens (tertiary/aromatic N) is 5. The molecule has 2 aromatic heterocycles. The topological polar surface area (TPSA) is 74.8 Å². The van der Waals surface area contributed by atoms with E-state index in [9.17, 15) is 4.79 Å². The summed E-state index contributed by atoms with van der Waals surface area (Å²) in [5.74, 6) is 0.472. The van der Waals surface area contributed by atoms with Crippen molar-refractivity contribution in [2.75, 3.05) is 0 Å². The minimum absolute atomic E-state index is 0.120. The number of rotatable bonds is 4. The summed E-state index contributed by atoms with van der Waals surface area (Å²) >= 11 is 0. The van der Waals surface area contributed by atoms with E-state index in [0.29, 0.717) is 12.4 Å². The smallest absolute Gasteiger partial charge is 0.349 e. The summed E-state index contributed by atoms with van der Waals surface area (Å²) in [6, 6.07) is 0. The van der Waals surface area contributed by atoms with E-state index in [-0.39, 0.29) is 10.7 Å². The van der Waals surface area contributed by atoms with Crippen LogP contribution in [0.15, 0.2) is 23.6 Å². The monoisotopic (exact) mass is 321 g/mol. The van der Waals surface area contributed by atoms with Gasteiger partial charge in [-0.1, -0.05) is 20.8 Å². The first-order valence-corrected chi connectivity index (χ1v) is 10.1. The second kappa shape index (κ2) is 5.77. The Balaban J connectivity index is 2.35. The predicted octanol–water partition coefficient (Wildman–Crippen LogP) is 1.88. The van der Waals surface area contributed by atoms with Crippen LogP contribution in [0.2, 0.25) is 18.1 Å². The summed E-state index contributed by atoms with van der Waals surface area (Å²) in [6.07, 6.45) is 4.69.